The number of anilines is 2. The zero-order valence-electron chi connectivity index (χ0n) is 15.7. The van der Waals surface area contributed by atoms with Crippen LogP contribution in [0.4, 0.5) is 10.8 Å². The lowest BCUT2D eigenvalue weighted by Gasteiger charge is -2.28. The number of hydrogen-bond donors (Lipinski definition) is 1. The fraction of sp³-hybridized carbons (Fsp3) is 0.368. The van der Waals surface area contributed by atoms with E-state index in [4.69, 9.17) is 9.47 Å². The molecule has 0 atom stereocenters. The predicted molar refractivity (Wildman–Crippen MR) is 106 cm³/mol. The molecule has 1 aromatic heterocycles. The van der Waals surface area contributed by atoms with Crippen LogP contribution in [0.25, 0.3) is 11.3 Å². The summed E-state index contributed by atoms with van der Waals surface area (Å²) in [5, 5.41) is 5.11. The van der Waals surface area contributed by atoms with Crippen LogP contribution >= 0.6 is 11.3 Å². The molecule has 2 aromatic rings. The SMILES string of the molecule is CCCC(=O)Nc1nc(-c2ccc3c(c2)N(CC(=O)OCC)C(=O)CO3)cs1. The molecule has 0 radical (unpaired) electrons. The van der Waals surface area contributed by atoms with Gasteiger partial charge in [-0.05, 0) is 31.5 Å². The number of fused-ring (bicyclic) bond motifs is 1. The molecule has 9 heteroatoms. The maximum Gasteiger partial charge on any atom is 0.326 e. The lowest BCUT2D eigenvalue weighted by atomic mass is 10.1. The monoisotopic (exact) mass is 403 g/mol. The van der Waals surface area contributed by atoms with Gasteiger partial charge in [0.05, 0.1) is 18.0 Å². The quantitative estimate of drug-likeness (QED) is 0.714. The van der Waals surface area contributed by atoms with Gasteiger partial charge in [-0.15, -0.1) is 11.3 Å². The number of thiazole rings is 1. The minimum Gasteiger partial charge on any atom is -0.482 e. The molecule has 0 unspecified atom stereocenters. The van der Waals surface area contributed by atoms with Gasteiger partial charge >= 0.3 is 5.97 Å². The minimum absolute atomic E-state index is 0.0755. The first kappa shape index (κ1) is 19.8. The third-order valence-electron chi connectivity index (χ3n) is 4.02. The second-order valence-electron chi connectivity index (χ2n) is 6.09. The fourth-order valence-corrected chi connectivity index (χ4v) is 3.48. The van der Waals surface area contributed by atoms with E-state index < -0.39 is 5.97 Å². The van der Waals surface area contributed by atoms with Crippen LogP contribution < -0.4 is 15.0 Å². The Bertz CT molecular complexity index is 895. The van der Waals surface area contributed by atoms with E-state index in [1.807, 2.05) is 18.4 Å². The second kappa shape index (κ2) is 8.83. The third kappa shape index (κ3) is 4.48. The van der Waals surface area contributed by atoms with Crippen molar-refractivity contribution in [2.45, 2.75) is 26.7 Å². The number of carbonyl (C=O) groups excluding carboxylic acids is 3. The molecule has 0 fully saturated rings. The summed E-state index contributed by atoms with van der Waals surface area (Å²) in [5.74, 6) is -0.361. The van der Waals surface area contributed by atoms with E-state index in [9.17, 15) is 14.4 Å². The number of nitrogens with one attached hydrogen (secondary N) is 1. The summed E-state index contributed by atoms with van der Waals surface area (Å²) in [6.45, 7) is 3.59. The van der Waals surface area contributed by atoms with Crippen LogP contribution in [-0.4, -0.2) is 42.5 Å². The number of esters is 1. The zero-order valence-corrected chi connectivity index (χ0v) is 16.5. The normalized spacial score (nSPS) is 12.9. The predicted octanol–water partition coefficient (Wildman–Crippen LogP) is 2.84. The van der Waals surface area contributed by atoms with Crippen molar-refractivity contribution < 1.29 is 23.9 Å². The summed E-state index contributed by atoms with van der Waals surface area (Å²) in [7, 11) is 0. The first-order valence-corrected chi connectivity index (χ1v) is 9.88. The fourth-order valence-electron chi connectivity index (χ4n) is 2.74. The molecule has 2 heterocycles. The van der Waals surface area contributed by atoms with E-state index in [-0.39, 0.29) is 31.6 Å². The molecule has 28 heavy (non-hydrogen) atoms. The molecule has 0 saturated carbocycles. The first-order chi connectivity index (χ1) is 13.5. The lowest BCUT2D eigenvalue weighted by molar-refractivity contribution is -0.142. The van der Waals surface area contributed by atoms with Crippen LogP contribution in [0.5, 0.6) is 5.75 Å². The second-order valence-corrected chi connectivity index (χ2v) is 6.95. The molecule has 1 aromatic carbocycles. The summed E-state index contributed by atoms with van der Waals surface area (Å²) in [4.78, 5) is 41.7. The van der Waals surface area contributed by atoms with Crippen molar-refractivity contribution in [2.24, 2.45) is 0 Å². The van der Waals surface area contributed by atoms with Gasteiger partial charge in [-0.1, -0.05) is 6.92 Å². The van der Waals surface area contributed by atoms with Gasteiger partial charge in [0.2, 0.25) is 5.91 Å². The zero-order chi connectivity index (χ0) is 20.1. The smallest absolute Gasteiger partial charge is 0.326 e. The Labute approximate surface area is 166 Å². The van der Waals surface area contributed by atoms with E-state index in [1.165, 1.54) is 16.2 Å². The van der Waals surface area contributed by atoms with Crippen LogP contribution in [0, 0.1) is 0 Å². The van der Waals surface area contributed by atoms with Crippen molar-refractivity contribution in [3.63, 3.8) is 0 Å². The van der Waals surface area contributed by atoms with Crippen LogP contribution in [0.1, 0.15) is 26.7 Å². The van der Waals surface area contributed by atoms with Crippen LogP contribution in [-0.2, 0) is 19.1 Å². The standard InChI is InChI=1S/C19H21N3O5S/c1-3-5-16(23)21-19-20-13(11-28-19)12-6-7-15-14(8-12)22(17(24)10-27-15)9-18(25)26-4-2/h6-8,11H,3-5,9-10H2,1-2H3,(H,20,21,23). The molecule has 0 bridgehead atoms. The molecule has 1 N–H and O–H groups in total. The van der Waals surface area contributed by atoms with Gasteiger partial charge in [-0.2, -0.15) is 0 Å². The van der Waals surface area contributed by atoms with E-state index in [1.54, 1.807) is 19.1 Å². The van der Waals surface area contributed by atoms with Crippen molar-refractivity contribution in [3.05, 3.63) is 23.6 Å². The highest BCUT2D eigenvalue weighted by Gasteiger charge is 2.28. The highest BCUT2D eigenvalue weighted by molar-refractivity contribution is 7.14. The Kier molecular flexibility index (Phi) is 6.25. The summed E-state index contributed by atoms with van der Waals surface area (Å²) >= 11 is 1.33. The van der Waals surface area contributed by atoms with Gasteiger partial charge in [0, 0.05) is 17.4 Å². The Morgan fingerprint density at radius 2 is 2.18 bits per heavy atom. The Morgan fingerprint density at radius 1 is 1.36 bits per heavy atom. The Hall–Kier alpha value is -2.94. The van der Waals surface area contributed by atoms with Gasteiger partial charge in [-0.25, -0.2) is 4.98 Å². The topological polar surface area (TPSA) is 97.8 Å². The summed E-state index contributed by atoms with van der Waals surface area (Å²) in [6.07, 6.45) is 1.20. The number of rotatable bonds is 7. The van der Waals surface area contributed by atoms with Crippen molar-refractivity contribution in [2.75, 3.05) is 30.0 Å². The maximum atomic E-state index is 12.3. The molecule has 3 rings (SSSR count). The highest BCUT2D eigenvalue weighted by Crippen LogP contribution is 2.36. The van der Waals surface area contributed by atoms with Crippen molar-refractivity contribution >= 4 is 39.9 Å². The third-order valence-corrected chi connectivity index (χ3v) is 4.78. The van der Waals surface area contributed by atoms with Gasteiger partial charge in [0.15, 0.2) is 11.7 Å². The van der Waals surface area contributed by atoms with Crippen molar-refractivity contribution in [1.29, 1.82) is 0 Å². The number of ether oxygens (including phenoxy) is 2. The number of nitrogens with zero attached hydrogens (tertiary/aromatic N) is 2. The number of aromatic nitrogens is 1. The van der Waals surface area contributed by atoms with Gasteiger partial charge < -0.3 is 14.8 Å². The number of benzene rings is 1. The molecular weight excluding hydrogens is 382 g/mol. The van der Waals surface area contributed by atoms with Crippen LogP contribution in [0.3, 0.4) is 0 Å². The summed E-state index contributed by atoms with van der Waals surface area (Å²) < 4.78 is 10.4. The van der Waals surface area contributed by atoms with Crippen LogP contribution in [0.15, 0.2) is 23.6 Å². The minimum atomic E-state index is -0.483. The van der Waals surface area contributed by atoms with E-state index >= 15 is 0 Å². The Balaban J connectivity index is 1.84. The molecule has 148 valence electrons. The molecule has 0 saturated heterocycles. The van der Waals surface area contributed by atoms with Crippen LogP contribution in [0.2, 0.25) is 0 Å². The average molecular weight is 403 g/mol. The Morgan fingerprint density at radius 3 is 2.93 bits per heavy atom. The summed E-state index contributed by atoms with van der Waals surface area (Å²) in [5.41, 5.74) is 1.90. The molecule has 0 spiro atoms. The molecular formula is C19H21N3O5S. The van der Waals surface area contributed by atoms with Gasteiger partial charge in [0.25, 0.3) is 5.91 Å². The van der Waals surface area contributed by atoms with E-state index in [2.05, 4.69) is 10.3 Å². The molecule has 1 aliphatic heterocycles. The number of carbonyl (C=O) groups is 3. The maximum absolute atomic E-state index is 12.3. The first-order valence-electron chi connectivity index (χ1n) is 9.00. The number of hydrogen-bond acceptors (Lipinski definition) is 7. The van der Waals surface area contributed by atoms with Gasteiger partial charge in [0.1, 0.15) is 12.3 Å². The van der Waals surface area contributed by atoms with Crippen molar-refractivity contribution in [3.8, 4) is 17.0 Å². The van der Waals surface area contributed by atoms with Gasteiger partial charge in [-0.3, -0.25) is 19.3 Å². The molecule has 0 aliphatic carbocycles. The van der Waals surface area contributed by atoms with E-state index in [0.29, 0.717) is 28.7 Å². The molecule has 2 amide bonds. The molecule has 8 nitrogen and oxygen atoms in total. The largest absolute Gasteiger partial charge is 0.482 e. The molecule has 1 aliphatic rings. The average Bonchev–Trinajstić information content (AvgIpc) is 3.12. The highest BCUT2D eigenvalue weighted by atomic mass is 32.1. The lowest BCUT2D eigenvalue weighted by Crippen LogP contribution is -2.42. The summed E-state index contributed by atoms with van der Waals surface area (Å²) in [6, 6.07) is 5.31. The van der Waals surface area contributed by atoms with E-state index in [0.717, 1.165) is 12.0 Å². The number of amides is 2. The van der Waals surface area contributed by atoms with Crippen molar-refractivity contribution in [1.82, 2.24) is 4.98 Å².